The zero-order valence-corrected chi connectivity index (χ0v) is 16.8. The highest BCUT2D eigenvalue weighted by atomic mass is 16.5. The van der Waals surface area contributed by atoms with Gasteiger partial charge in [-0.05, 0) is 23.6 Å². The number of carbonyl (C=O) groups is 2. The number of hydrogen-bond acceptors (Lipinski definition) is 5. The number of anilines is 1. The van der Waals surface area contributed by atoms with Crippen molar-refractivity contribution in [2.45, 2.75) is 20.3 Å². The van der Waals surface area contributed by atoms with Crippen molar-refractivity contribution in [1.29, 1.82) is 0 Å². The average molecular weight is 381 g/mol. The molecule has 1 aliphatic rings. The Morgan fingerprint density at radius 1 is 1.18 bits per heavy atom. The van der Waals surface area contributed by atoms with Crippen molar-refractivity contribution >= 4 is 17.4 Å². The molecule has 0 spiro atoms. The number of aromatic nitrogens is 1. The quantitative estimate of drug-likeness (QED) is 0.720. The first-order chi connectivity index (χ1) is 13.5. The highest BCUT2D eigenvalue weighted by Gasteiger charge is 2.22. The van der Waals surface area contributed by atoms with Crippen LogP contribution in [0.25, 0.3) is 11.1 Å². The summed E-state index contributed by atoms with van der Waals surface area (Å²) in [7, 11) is 1.71. The van der Waals surface area contributed by atoms with Gasteiger partial charge in [-0.1, -0.05) is 31.2 Å². The molecule has 6 heteroatoms. The van der Waals surface area contributed by atoms with Gasteiger partial charge in [0.2, 0.25) is 5.91 Å². The standard InChI is InChI=1S/C22H27N3O3/c1-4-17-6-5-7-18(12-17)19-13-20(22(16(2)26)23-14-19)24(3)21(27)15-25-8-10-28-11-9-25/h5-7,12-14H,4,8-11,15H2,1-3H3. The van der Waals surface area contributed by atoms with Gasteiger partial charge in [-0.25, -0.2) is 0 Å². The fraction of sp³-hybridized carbons (Fsp3) is 0.409. The topological polar surface area (TPSA) is 62.7 Å². The van der Waals surface area contributed by atoms with Gasteiger partial charge in [0.15, 0.2) is 5.78 Å². The maximum atomic E-state index is 12.8. The number of aryl methyl sites for hydroxylation is 1. The van der Waals surface area contributed by atoms with Crippen LogP contribution >= 0.6 is 0 Å². The number of amides is 1. The van der Waals surface area contributed by atoms with E-state index in [1.54, 1.807) is 18.1 Å². The normalized spacial score (nSPS) is 14.7. The van der Waals surface area contributed by atoms with E-state index in [-0.39, 0.29) is 11.7 Å². The first kappa shape index (κ1) is 20.2. The van der Waals surface area contributed by atoms with Crippen LogP contribution < -0.4 is 4.90 Å². The van der Waals surface area contributed by atoms with Crippen LogP contribution in [-0.4, -0.2) is 61.5 Å². The molecule has 2 aromatic rings. The van der Waals surface area contributed by atoms with Gasteiger partial charge in [0.1, 0.15) is 5.69 Å². The summed E-state index contributed by atoms with van der Waals surface area (Å²) >= 11 is 0. The summed E-state index contributed by atoms with van der Waals surface area (Å²) < 4.78 is 5.34. The van der Waals surface area contributed by atoms with Crippen LogP contribution in [0, 0.1) is 0 Å². The van der Waals surface area contributed by atoms with E-state index in [9.17, 15) is 9.59 Å². The van der Waals surface area contributed by atoms with Crippen molar-refractivity contribution < 1.29 is 14.3 Å². The summed E-state index contributed by atoms with van der Waals surface area (Å²) in [6, 6.07) is 10.1. The molecule has 6 nitrogen and oxygen atoms in total. The molecule has 0 N–H and O–H groups in total. The molecule has 2 heterocycles. The minimum Gasteiger partial charge on any atom is -0.379 e. The maximum Gasteiger partial charge on any atom is 0.240 e. The predicted molar refractivity (Wildman–Crippen MR) is 110 cm³/mol. The van der Waals surface area contributed by atoms with Gasteiger partial charge in [-0.15, -0.1) is 0 Å². The third-order valence-corrected chi connectivity index (χ3v) is 5.07. The smallest absolute Gasteiger partial charge is 0.240 e. The number of ketones is 1. The molecule has 0 saturated carbocycles. The highest BCUT2D eigenvalue weighted by molar-refractivity contribution is 6.04. The van der Waals surface area contributed by atoms with E-state index in [1.165, 1.54) is 12.5 Å². The lowest BCUT2D eigenvalue weighted by atomic mass is 10.0. The Kier molecular flexibility index (Phi) is 6.54. The van der Waals surface area contributed by atoms with E-state index < -0.39 is 0 Å². The van der Waals surface area contributed by atoms with Crippen molar-refractivity contribution in [3.63, 3.8) is 0 Å². The van der Waals surface area contributed by atoms with Crippen LogP contribution in [0.15, 0.2) is 36.5 Å². The number of pyridine rings is 1. The molecule has 1 aliphatic heterocycles. The lowest BCUT2D eigenvalue weighted by molar-refractivity contribution is -0.120. The Morgan fingerprint density at radius 3 is 2.61 bits per heavy atom. The fourth-order valence-corrected chi connectivity index (χ4v) is 3.30. The lowest BCUT2D eigenvalue weighted by Crippen LogP contribution is -2.44. The van der Waals surface area contributed by atoms with Gasteiger partial charge in [0, 0.05) is 38.8 Å². The van der Waals surface area contributed by atoms with Gasteiger partial charge in [-0.2, -0.15) is 0 Å². The molecule has 28 heavy (non-hydrogen) atoms. The summed E-state index contributed by atoms with van der Waals surface area (Å²) in [6.45, 7) is 6.64. The Bertz CT molecular complexity index is 860. The number of benzene rings is 1. The van der Waals surface area contributed by atoms with Crippen molar-refractivity contribution in [3.8, 4) is 11.1 Å². The lowest BCUT2D eigenvalue weighted by Gasteiger charge is -2.28. The third-order valence-electron chi connectivity index (χ3n) is 5.07. The van der Waals surface area contributed by atoms with Crippen LogP contribution in [0.2, 0.25) is 0 Å². The summed E-state index contributed by atoms with van der Waals surface area (Å²) in [5, 5.41) is 0. The van der Waals surface area contributed by atoms with Gasteiger partial charge < -0.3 is 9.64 Å². The molecule has 1 fully saturated rings. The first-order valence-corrected chi connectivity index (χ1v) is 9.66. The highest BCUT2D eigenvalue weighted by Crippen LogP contribution is 2.27. The van der Waals surface area contributed by atoms with Gasteiger partial charge in [0.25, 0.3) is 0 Å². The number of likely N-dealkylation sites (N-methyl/N-ethyl adjacent to an activating group) is 1. The molecule has 1 saturated heterocycles. The SMILES string of the molecule is CCc1cccc(-c2cnc(C(C)=O)c(N(C)C(=O)CN3CCOCC3)c2)c1. The van der Waals surface area contributed by atoms with Crippen LogP contribution in [0.5, 0.6) is 0 Å². The summed E-state index contributed by atoms with van der Waals surface area (Å²) in [6.07, 6.45) is 2.65. The second-order valence-electron chi connectivity index (χ2n) is 7.04. The van der Waals surface area contributed by atoms with Crippen molar-refractivity contribution in [2.75, 3.05) is 44.8 Å². The number of ether oxygens (including phenoxy) is 1. The number of morpholine rings is 1. The number of nitrogens with zero attached hydrogens (tertiary/aromatic N) is 3. The molecule has 0 atom stereocenters. The summed E-state index contributed by atoms with van der Waals surface area (Å²) in [4.78, 5) is 32.9. The van der Waals surface area contributed by atoms with Crippen LogP contribution in [-0.2, 0) is 16.0 Å². The van der Waals surface area contributed by atoms with E-state index in [2.05, 4.69) is 28.9 Å². The predicted octanol–water partition coefficient (Wildman–Crippen LogP) is 2.81. The Hall–Kier alpha value is -2.57. The van der Waals surface area contributed by atoms with Crippen molar-refractivity contribution in [2.24, 2.45) is 0 Å². The van der Waals surface area contributed by atoms with Crippen LogP contribution in [0.3, 0.4) is 0 Å². The van der Waals surface area contributed by atoms with E-state index in [1.807, 2.05) is 18.2 Å². The first-order valence-electron chi connectivity index (χ1n) is 9.66. The average Bonchev–Trinajstić information content (AvgIpc) is 2.73. The van der Waals surface area contributed by atoms with E-state index in [0.29, 0.717) is 31.1 Å². The number of Topliss-reactive ketones (excluding diaryl/α,β-unsaturated/α-hetero) is 1. The second kappa shape index (κ2) is 9.08. The van der Waals surface area contributed by atoms with Gasteiger partial charge in [0.05, 0.1) is 25.4 Å². The molecule has 0 aliphatic carbocycles. The minimum absolute atomic E-state index is 0.0642. The number of hydrogen-bond donors (Lipinski definition) is 0. The Morgan fingerprint density at radius 2 is 1.93 bits per heavy atom. The zero-order chi connectivity index (χ0) is 20.1. The van der Waals surface area contributed by atoms with Crippen LogP contribution in [0.1, 0.15) is 29.9 Å². The van der Waals surface area contributed by atoms with E-state index in [4.69, 9.17) is 4.74 Å². The molecule has 1 amide bonds. The molecule has 1 aromatic carbocycles. The van der Waals surface area contributed by atoms with E-state index in [0.717, 1.165) is 30.6 Å². The largest absolute Gasteiger partial charge is 0.379 e. The zero-order valence-electron chi connectivity index (χ0n) is 16.8. The van der Waals surface area contributed by atoms with Crippen LogP contribution in [0.4, 0.5) is 5.69 Å². The van der Waals surface area contributed by atoms with Crippen molar-refractivity contribution in [3.05, 3.63) is 47.8 Å². The molecule has 3 rings (SSSR count). The Balaban J connectivity index is 1.90. The fourth-order valence-electron chi connectivity index (χ4n) is 3.30. The Labute approximate surface area is 166 Å². The molecule has 1 aromatic heterocycles. The number of rotatable bonds is 6. The third kappa shape index (κ3) is 4.64. The second-order valence-corrected chi connectivity index (χ2v) is 7.04. The minimum atomic E-state index is -0.158. The monoisotopic (exact) mass is 381 g/mol. The summed E-state index contributed by atoms with van der Waals surface area (Å²) in [5.41, 5.74) is 4.00. The molecular formula is C22H27N3O3. The molecular weight excluding hydrogens is 354 g/mol. The van der Waals surface area contributed by atoms with Crippen molar-refractivity contribution in [1.82, 2.24) is 9.88 Å². The molecule has 0 bridgehead atoms. The molecule has 148 valence electrons. The summed E-state index contributed by atoms with van der Waals surface area (Å²) in [5.74, 6) is -0.222. The van der Waals surface area contributed by atoms with E-state index >= 15 is 0 Å². The molecule has 0 unspecified atom stereocenters. The number of carbonyl (C=O) groups excluding carboxylic acids is 2. The van der Waals surface area contributed by atoms with Gasteiger partial charge in [-0.3, -0.25) is 19.5 Å². The van der Waals surface area contributed by atoms with Gasteiger partial charge >= 0.3 is 0 Å². The maximum absolute atomic E-state index is 12.8. The molecule has 0 radical (unpaired) electrons.